The Morgan fingerprint density at radius 2 is 2.25 bits per heavy atom. The molecule has 4 nitrogen and oxygen atoms in total. The van der Waals surface area contributed by atoms with Crippen LogP contribution in [0.4, 0.5) is 4.39 Å². The van der Waals surface area contributed by atoms with E-state index in [4.69, 9.17) is 14.4 Å². The molecule has 1 heterocycles. The first-order valence-electron chi connectivity index (χ1n) is 5.20. The molecule has 1 fully saturated rings. The molecule has 1 aliphatic rings. The van der Waals surface area contributed by atoms with Crippen molar-refractivity contribution in [2.24, 2.45) is 0 Å². The zero-order chi connectivity index (χ0) is 12.3. The van der Waals surface area contributed by atoms with Gasteiger partial charge in [0, 0.05) is 6.66 Å². The molecule has 16 heavy (non-hydrogen) atoms. The molecule has 4 atom stereocenters. The molecule has 1 rings (SSSR count). The van der Waals surface area contributed by atoms with Crippen molar-refractivity contribution in [3.8, 4) is 0 Å². The van der Waals surface area contributed by atoms with Crippen LogP contribution in [0.1, 0.15) is 13.8 Å². The summed E-state index contributed by atoms with van der Waals surface area (Å²) in [5.74, 6) is 1.16. The van der Waals surface area contributed by atoms with Crippen molar-refractivity contribution in [3.05, 3.63) is 11.9 Å². The van der Waals surface area contributed by atoms with E-state index in [1.165, 1.54) is 12.7 Å². The summed E-state index contributed by atoms with van der Waals surface area (Å²) in [6.45, 7) is 4.79. The van der Waals surface area contributed by atoms with Crippen LogP contribution < -0.4 is 0 Å². The highest BCUT2D eigenvalue weighted by atomic mass is 31.2. The molecule has 1 aliphatic heterocycles. The summed E-state index contributed by atoms with van der Waals surface area (Å²) in [5, 5.41) is 0. The maximum absolute atomic E-state index is 13.4. The first kappa shape index (κ1) is 13.8. The number of hydrogen-bond donors (Lipinski definition) is 1. The van der Waals surface area contributed by atoms with Gasteiger partial charge in [-0.15, -0.1) is 0 Å². The molecule has 0 aliphatic carbocycles. The Kier molecular flexibility index (Phi) is 4.68. The normalized spacial score (nSPS) is 34.8. The second-order valence-electron chi connectivity index (χ2n) is 4.25. The third-order valence-electron chi connectivity index (χ3n) is 2.11. The highest BCUT2D eigenvalue weighted by molar-refractivity contribution is 7.60. The molecule has 0 bridgehead atoms. The average molecular weight is 252 g/mol. The zero-order valence-corrected chi connectivity index (χ0v) is 10.6. The van der Waals surface area contributed by atoms with E-state index >= 15 is 0 Å². The Morgan fingerprint density at radius 1 is 1.62 bits per heavy atom. The van der Waals surface area contributed by atoms with E-state index in [9.17, 15) is 8.96 Å². The summed E-state index contributed by atoms with van der Waals surface area (Å²) in [6, 6.07) is 0. The number of rotatable bonds is 4. The van der Waals surface area contributed by atoms with Gasteiger partial charge in [0.25, 0.3) is 0 Å². The Balaban J connectivity index is 2.65. The molecule has 0 radical (unpaired) electrons. The molecule has 6 heteroatoms. The van der Waals surface area contributed by atoms with E-state index in [0.717, 1.165) is 5.82 Å². The number of ether oxygens (including phenoxy) is 2. The van der Waals surface area contributed by atoms with Gasteiger partial charge in [-0.3, -0.25) is 4.57 Å². The molecule has 1 N–H and O–H groups in total. The van der Waals surface area contributed by atoms with E-state index in [0.29, 0.717) is 0 Å². The largest absolute Gasteiger partial charge is 0.369 e. The Hall–Kier alpha value is -0.220. The van der Waals surface area contributed by atoms with Crippen molar-refractivity contribution in [1.82, 2.24) is 0 Å². The van der Waals surface area contributed by atoms with Gasteiger partial charge in [0.1, 0.15) is 12.2 Å². The van der Waals surface area contributed by atoms with Gasteiger partial charge in [-0.1, -0.05) is 0 Å². The minimum Gasteiger partial charge on any atom is -0.369 e. The quantitative estimate of drug-likeness (QED) is 0.777. The predicted molar refractivity (Wildman–Crippen MR) is 59.5 cm³/mol. The summed E-state index contributed by atoms with van der Waals surface area (Å²) >= 11 is 0. The van der Waals surface area contributed by atoms with E-state index in [1.807, 2.05) is 13.8 Å². The standard InChI is InChI=1S/C10H18FO4P/c1-7(2)15-10-8(11)6-14-9(10)4-5-16(3,12)13/h4-5,7-10H,6H2,1-3H3,(H,12,13)/b5-4+/t8-,9+,10-/m0/s1. The average Bonchev–Trinajstić information content (AvgIpc) is 2.43. The summed E-state index contributed by atoms with van der Waals surface area (Å²) < 4.78 is 35.0. The van der Waals surface area contributed by atoms with Crippen LogP contribution >= 0.6 is 7.37 Å². The van der Waals surface area contributed by atoms with Crippen LogP contribution in [-0.4, -0.2) is 42.6 Å². The smallest absolute Gasteiger partial charge is 0.219 e. The zero-order valence-electron chi connectivity index (χ0n) is 9.67. The van der Waals surface area contributed by atoms with Crippen LogP contribution in [0.25, 0.3) is 0 Å². The van der Waals surface area contributed by atoms with E-state index < -0.39 is 25.7 Å². The molecule has 0 spiro atoms. The van der Waals surface area contributed by atoms with Crippen LogP contribution in [0.2, 0.25) is 0 Å². The lowest BCUT2D eigenvalue weighted by atomic mass is 10.1. The lowest BCUT2D eigenvalue weighted by molar-refractivity contribution is -0.0385. The van der Waals surface area contributed by atoms with Crippen LogP contribution in [0.3, 0.4) is 0 Å². The molecule has 1 unspecified atom stereocenters. The molecule has 0 amide bonds. The summed E-state index contributed by atoms with van der Waals surface area (Å²) in [6.07, 6.45) is -1.16. The van der Waals surface area contributed by atoms with Crippen LogP contribution in [-0.2, 0) is 14.0 Å². The number of hydrogen-bond acceptors (Lipinski definition) is 3. The second-order valence-corrected chi connectivity index (χ2v) is 6.43. The van der Waals surface area contributed by atoms with Crippen LogP contribution in [0, 0.1) is 0 Å². The molecule has 0 saturated carbocycles. The third kappa shape index (κ3) is 4.34. The molecular weight excluding hydrogens is 234 g/mol. The fraction of sp³-hybridized carbons (Fsp3) is 0.800. The van der Waals surface area contributed by atoms with Crippen LogP contribution in [0.15, 0.2) is 11.9 Å². The van der Waals surface area contributed by atoms with E-state index in [-0.39, 0.29) is 12.7 Å². The lowest BCUT2D eigenvalue weighted by Crippen LogP contribution is -2.32. The molecule has 0 aromatic rings. The Labute approximate surface area is 94.9 Å². The fourth-order valence-electron chi connectivity index (χ4n) is 1.49. The number of halogens is 1. The SMILES string of the molecule is CC(C)O[C@H]1[C@@H](F)CO[C@@H]1/C=C/P(C)(=O)O. The number of alkyl halides is 1. The van der Waals surface area contributed by atoms with Crippen molar-refractivity contribution in [2.75, 3.05) is 13.3 Å². The van der Waals surface area contributed by atoms with Crippen molar-refractivity contribution < 1.29 is 23.3 Å². The van der Waals surface area contributed by atoms with Gasteiger partial charge in [0.05, 0.1) is 12.7 Å². The van der Waals surface area contributed by atoms with Crippen molar-refractivity contribution in [2.45, 2.75) is 38.3 Å². The molecule has 0 aromatic heterocycles. The maximum atomic E-state index is 13.4. The maximum Gasteiger partial charge on any atom is 0.219 e. The van der Waals surface area contributed by atoms with Crippen molar-refractivity contribution in [1.29, 1.82) is 0 Å². The minimum atomic E-state index is -3.24. The highest BCUT2D eigenvalue weighted by Crippen LogP contribution is 2.37. The molecule has 1 saturated heterocycles. The molecular formula is C10H18FO4P. The third-order valence-corrected chi connectivity index (χ3v) is 2.84. The highest BCUT2D eigenvalue weighted by Gasteiger charge is 2.37. The Morgan fingerprint density at radius 3 is 2.75 bits per heavy atom. The van der Waals surface area contributed by atoms with Crippen LogP contribution in [0.5, 0.6) is 0 Å². The predicted octanol–water partition coefficient (Wildman–Crippen LogP) is 1.93. The van der Waals surface area contributed by atoms with E-state index in [1.54, 1.807) is 0 Å². The molecule has 94 valence electrons. The van der Waals surface area contributed by atoms with Gasteiger partial charge in [-0.2, -0.15) is 0 Å². The summed E-state index contributed by atoms with van der Waals surface area (Å²) in [5.41, 5.74) is 0. The van der Waals surface area contributed by atoms with Gasteiger partial charge in [0.15, 0.2) is 6.17 Å². The van der Waals surface area contributed by atoms with Crippen molar-refractivity contribution in [3.63, 3.8) is 0 Å². The Bertz CT molecular complexity index is 299. The lowest BCUT2D eigenvalue weighted by Gasteiger charge is -2.20. The summed E-state index contributed by atoms with van der Waals surface area (Å²) in [4.78, 5) is 9.09. The second kappa shape index (κ2) is 5.41. The van der Waals surface area contributed by atoms with Crippen molar-refractivity contribution >= 4 is 7.37 Å². The fourth-order valence-corrected chi connectivity index (χ4v) is 1.97. The van der Waals surface area contributed by atoms with E-state index in [2.05, 4.69) is 0 Å². The first-order chi connectivity index (χ1) is 7.29. The van der Waals surface area contributed by atoms with Gasteiger partial charge >= 0.3 is 0 Å². The topological polar surface area (TPSA) is 55.8 Å². The minimum absolute atomic E-state index is 0.0359. The summed E-state index contributed by atoms with van der Waals surface area (Å²) in [7, 11) is -3.24. The first-order valence-corrected chi connectivity index (χ1v) is 7.37. The van der Waals surface area contributed by atoms with Gasteiger partial charge in [-0.05, 0) is 25.7 Å². The van der Waals surface area contributed by atoms with Gasteiger partial charge in [0.2, 0.25) is 7.37 Å². The van der Waals surface area contributed by atoms with Gasteiger partial charge in [-0.25, -0.2) is 4.39 Å². The van der Waals surface area contributed by atoms with Gasteiger partial charge < -0.3 is 14.4 Å². The monoisotopic (exact) mass is 252 g/mol. The molecule has 0 aromatic carbocycles.